The van der Waals surface area contributed by atoms with Gasteiger partial charge in [-0.25, -0.2) is 0 Å². The van der Waals surface area contributed by atoms with Crippen molar-refractivity contribution in [1.82, 2.24) is 4.90 Å². The van der Waals surface area contributed by atoms with E-state index in [0.29, 0.717) is 39.7 Å². The summed E-state index contributed by atoms with van der Waals surface area (Å²) in [5, 5.41) is 0.775. The standard InChI is InChI=1S/C22H20ClNO5/c1-4-9-28-16-7-5-12(10-17(16)27-3)19-18-20(25)14-11-13(23)6-8-15(14)29-21(18)22(26)24(19)2/h5-8,10-11,19H,4,9H2,1-3H3. The summed E-state index contributed by atoms with van der Waals surface area (Å²) >= 11 is 6.06. The number of hydrogen-bond donors (Lipinski definition) is 0. The molecule has 1 unspecified atom stereocenters. The van der Waals surface area contributed by atoms with Gasteiger partial charge in [-0.2, -0.15) is 0 Å². The molecule has 2 heterocycles. The van der Waals surface area contributed by atoms with Crippen LogP contribution >= 0.6 is 11.6 Å². The monoisotopic (exact) mass is 413 g/mol. The van der Waals surface area contributed by atoms with Crippen LogP contribution in [0.5, 0.6) is 11.5 Å². The second-order valence-corrected chi connectivity index (χ2v) is 7.33. The van der Waals surface area contributed by atoms with Crippen LogP contribution in [0.15, 0.2) is 45.6 Å². The summed E-state index contributed by atoms with van der Waals surface area (Å²) in [4.78, 5) is 27.6. The van der Waals surface area contributed by atoms with Gasteiger partial charge in [-0.05, 0) is 42.3 Å². The van der Waals surface area contributed by atoms with Crippen LogP contribution in [0.2, 0.25) is 5.02 Å². The average molecular weight is 414 g/mol. The molecule has 0 saturated carbocycles. The maximum Gasteiger partial charge on any atom is 0.290 e. The van der Waals surface area contributed by atoms with E-state index < -0.39 is 6.04 Å². The number of rotatable bonds is 5. The van der Waals surface area contributed by atoms with Crippen molar-refractivity contribution >= 4 is 28.5 Å². The summed E-state index contributed by atoms with van der Waals surface area (Å²) in [6.45, 7) is 2.59. The van der Waals surface area contributed by atoms with Gasteiger partial charge < -0.3 is 18.8 Å². The Morgan fingerprint density at radius 1 is 1.14 bits per heavy atom. The quantitative estimate of drug-likeness (QED) is 0.619. The first-order chi connectivity index (χ1) is 14.0. The molecule has 0 bridgehead atoms. The number of halogens is 1. The molecule has 0 fully saturated rings. The number of carbonyl (C=O) groups is 1. The fourth-order valence-corrected chi connectivity index (χ4v) is 3.81. The van der Waals surface area contributed by atoms with E-state index >= 15 is 0 Å². The Labute approximate surface area is 172 Å². The van der Waals surface area contributed by atoms with E-state index in [9.17, 15) is 9.59 Å². The molecule has 0 N–H and O–H groups in total. The third kappa shape index (κ3) is 3.13. The summed E-state index contributed by atoms with van der Waals surface area (Å²) in [7, 11) is 3.20. The smallest absolute Gasteiger partial charge is 0.290 e. The Hall–Kier alpha value is -2.99. The van der Waals surface area contributed by atoms with Gasteiger partial charge in [0.2, 0.25) is 5.76 Å². The SMILES string of the molecule is CCCOc1ccc(C2c3c(oc4ccc(Cl)cc4c3=O)C(=O)N2C)cc1OC. The van der Waals surface area contributed by atoms with E-state index in [1.807, 2.05) is 13.0 Å². The predicted octanol–water partition coefficient (Wildman–Crippen LogP) is 4.42. The molecule has 3 aromatic rings. The number of carbonyl (C=O) groups excluding carboxylic acids is 1. The first-order valence-electron chi connectivity index (χ1n) is 9.30. The minimum atomic E-state index is -0.591. The Bertz CT molecular complexity index is 1170. The predicted molar refractivity (Wildman–Crippen MR) is 110 cm³/mol. The second kappa shape index (κ2) is 7.44. The van der Waals surface area contributed by atoms with Gasteiger partial charge in [-0.15, -0.1) is 0 Å². The molecule has 29 heavy (non-hydrogen) atoms. The van der Waals surface area contributed by atoms with Gasteiger partial charge >= 0.3 is 0 Å². The van der Waals surface area contributed by atoms with Crippen LogP contribution in [0, 0.1) is 0 Å². The average Bonchev–Trinajstić information content (AvgIpc) is 2.98. The molecular weight excluding hydrogens is 394 g/mol. The van der Waals surface area contributed by atoms with E-state index in [2.05, 4.69) is 0 Å². The molecule has 0 spiro atoms. The third-order valence-electron chi connectivity index (χ3n) is 5.03. The molecule has 1 aromatic heterocycles. The molecule has 150 valence electrons. The van der Waals surface area contributed by atoms with Crippen LogP contribution in [0.1, 0.15) is 41.1 Å². The fraction of sp³-hybridized carbons (Fsp3) is 0.273. The van der Waals surface area contributed by atoms with Gasteiger partial charge in [0.15, 0.2) is 16.9 Å². The largest absolute Gasteiger partial charge is 0.493 e. The van der Waals surface area contributed by atoms with Gasteiger partial charge in [0.05, 0.1) is 30.7 Å². The van der Waals surface area contributed by atoms with E-state index in [1.165, 1.54) is 4.90 Å². The number of benzene rings is 2. The van der Waals surface area contributed by atoms with Gasteiger partial charge in [0.25, 0.3) is 5.91 Å². The molecule has 0 saturated heterocycles. The van der Waals surface area contributed by atoms with Crippen molar-refractivity contribution in [2.24, 2.45) is 0 Å². The molecular formula is C22H20ClNO5. The Morgan fingerprint density at radius 3 is 2.66 bits per heavy atom. The molecule has 6 nitrogen and oxygen atoms in total. The number of methoxy groups -OCH3 is 1. The van der Waals surface area contributed by atoms with Crippen LogP contribution in [0.25, 0.3) is 11.0 Å². The minimum absolute atomic E-state index is 0.0580. The van der Waals surface area contributed by atoms with Crippen molar-refractivity contribution in [3.05, 3.63) is 68.5 Å². The van der Waals surface area contributed by atoms with Crippen molar-refractivity contribution in [3.63, 3.8) is 0 Å². The summed E-state index contributed by atoms with van der Waals surface area (Å²) in [5.74, 6) is 0.868. The van der Waals surface area contributed by atoms with Crippen molar-refractivity contribution in [2.45, 2.75) is 19.4 Å². The van der Waals surface area contributed by atoms with Crippen LogP contribution < -0.4 is 14.9 Å². The second-order valence-electron chi connectivity index (χ2n) is 6.89. The molecule has 2 aromatic carbocycles. The first kappa shape index (κ1) is 19.3. The zero-order chi connectivity index (χ0) is 20.7. The number of fused-ring (bicyclic) bond motifs is 2. The lowest BCUT2D eigenvalue weighted by Gasteiger charge is -2.21. The van der Waals surface area contributed by atoms with Crippen molar-refractivity contribution in [1.29, 1.82) is 0 Å². The molecule has 0 radical (unpaired) electrons. The van der Waals surface area contributed by atoms with E-state index in [0.717, 1.165) is 12.0 Å². The molecule has 1 atom stereocenters. The maximum absolute atomic E-state index is 13.3. The van der Waals surface area contributed by atoms with Crippen molar-refractivity contribution in [3.8, 4) is 11.5 Å². The highest BCUT2D eigenvalue weighted by molar-refractivity contribution is 6.31. The van der Waals surface area contributed by atoms with E-state index in [1.54, 1.807) is 44.5 Å². The highest BCUT2D eigenvalue weighted by atomic mass is 35.5. The van der Waals surface area contributed by atoms with Crippen molar-refractivity contribution in [2.75, 3.05) is 20.8 Å². The van der Waals surface area contributed by atoms with Crippen LogP contribution in [0.3, 0.4) is 0 Å². The molecule has 0 aliphatic carbocycles. The van der Waals surface area contributed by atoms with Gasteiger partial charge in [0, 0.05) is 12.1 Å². The van der Waals surface area contributed by atoms with Crippen molar-refractivity contribution < 1.29 is 18.7 Å². The molecule has 4 rings (SSSR count). The molecule has 1 aliphatic rings. The first-order valence-corrected chi connectivity index (χ1v) is 9.68. The van der Waals surface area contributed by atoms with Gasteiger partial charge in [-0.3, -0.25) is 9.59 Å². The molecule has 1 amide bonds. The highest BCUT2D eigenvalue weighted by Gasteiger charge is 2.41. The summed E-state index contributed by atoms with van der Waals surface area (Å²) < 4.78 is 17.0. The molecule has 7 heteroatoms. The van der Waals surface area contributed by atoms with E-state index in [-0.39, 0.29) is 17.1 Å². The summed E-state index contributed by atoms with van der Waals surface area (Å²) in [6.07, 6.45) is 0.870. The zero-order valence-corrected chi connectivity index (χ0v) is 17.1. The molecule has 1 aliphatic heterocycles. The number of hydrogen-bond acceptors (Lipinski definition) is 5. The Morgan fingerprint density at radius 2 is 1.93 bits per heavy atom. The van der Waals surface area contributed by atoms with Gasteiger partial charge in [-0.1, -0.05) is 24.6 Å². The lowest BCUT2D eigenvalue weighted by molar-refractivity contribution is 0.0771. The number of nitrogens with zero attached hydrogens (tertiary/aromatic N) is 1. The normalized spacial score (nSPS) is 15.7. The number of amides is 1. The lowest BCUT2D eigenvalue weighted by Crippen LogP contribution is -2.25. The van der Waals surface area contributed by atoms with E-state index in [4.69, 9.17) is 25.5 Å². The zero-order valence-electron chi connectivity index (χ0n) is 16.3. The van der Waals surface area contributed by atoms with Crippen LogP contribution in [0.4, 0.5) is 0 Å². The van der Waals surface area contributed by atoms with Gasteiger partial charge in [0.1, 0.15) is 5.58 Å². The topological polar surface area (TPSA) is 69.0 Å². The van der Waals surface area contributed by atoms with Crippen LogP contribution in [-0.4, -0.2) is 31.6 Å². The highest BCUT2D eigenvalue weighted by Crippen LogP contribution is 2.40. The fourth-order valence-electron chi connectivity index (χ4n) is 3.64. The summed E-state index contributed by atoms with van der Waals surface area (Å²) in [6, 6.07) is 9.61. The maximum atomic E-state index is 13.3. The minimum Gasteiger partial charge on any atom is -0.493 e. The lowest BCUT2D eigenvalue weighted by atomic mass is 9.98. The summed E-state index contributed by atoms with van der Waals surface area (Å²) in [5.41, 5.74) is 1.10. The Kier molecular flexibility index (Phi) is 4.96. The Balaban J connectivity index is 1.89. The van der Waals surface area contributed by atoms with Crippen LogP contribution in [-0.2, 0) is 0 Å². The number of ether oxygens (including phenoxy) is 2. The third-order valence-corrected chi connectivity index (χ3v) is 5.26.